The van der Waals surface area contributed by atoms with Gasteiger partial charge in [0.05, 0.1) is 17.2 Å². The third-order valence-electron chi connectivity index (χ3n) is 5.11. The van der Waals surface area contributed by atoms with Crippen LogP contribution in [0.25, 0.3) is 0 Å². The highest BCUT2D eigenvalue weighted by molar-refractivity contribution is 6.22. The van der Waals surface area contributed by atoms with Crippen molar-refractivity contribution >= 4 is 23.6 Å². The third-order valence-corrected chi connectivity index (χ3v) is 5.11. The molecule has 0 atom stereocenters. The van der Waals surface area contributed by atoms with E-state index in [0.29, 0.717) is 37.1 Å². The van der Waals surface area contributed by atoms with Crippen LogP contribution < -0.4 is 5.32 Å². The smallest absolute Gasteiger partial charge is 0.261 e. The Morgan fingerprint density at radius 1 is 1.18 bits per heavy atom. The Morgan fingerprint density at radius 2 is 1.82 bits per heavy atom. The molecule has 2 aliphatic heterocycles. The molecule has 0 spiro atoms. The van der Waals surface area contributed by atoms with Crippen molar-refractivity contribution in [3.05, 3.63) is 34.9 Å². The van der Waals surface area contributed by atoms with Gasteiger partial charge in [-0.25, -0.2) is 0 Å². The fourth-order valence-corrected chi connectivity index (χ4v) is 3.59. The molecular formula is C20H22N4O4. The van der Waals surface area contributed by atoms with Crippen LogP contribution in [0.3, 0.4) is 0 Å². The molecule has 8 nitrogen and oxygen atoms in total. The van der Waals surface area contributed by atoms with Crippen molar-refractivity contribution in [3.63, 3.8) is 0 Å². The van der Waals surface area contributed by atoms with Gasteiger partial charge >= 0.3 is 0 Å². The van der Waals surface area contributed by atoms with Crippen LogP contribution in [-0.4, -0.2) is 58.6 Å². The minimum Gasteiger partial charge on any atom is -0.349 e. The maximum Gasteiger partial charge on any atom is 0.261 e. The Labute approximate surface area is 163 Å². The molecule has 3 rings (SSSR count). The summed E-state index contributed by atoms with van der Waals surface area (Å²) in [6, 6.07) is 6.06. The highest BCUT2D eigenvalue weighted by Crippen LogP contribution is 2.26. The van der Waals surface area contributed by atoms with E-state index >= 15 is 0 Å². The number of benzene rings is 1. The molecule has 0 radical (unpaired) electrons. The second kappa shape index (κ2) is 7.80. The van der Waals surface area contributed by atoms with Gasteiger partial charge in [-0.15, -0.1) is 0 Å². The zero-order chi connectivity index (χ0) is 20.4. The van der Waals surface area contributed by atoms with Crippen LogP contribution in [0.2, 0.25) is 0 Å². The van der Waals surface area contributed by atoms with E-state index in [2.05, 4.69) is 5.32 Å². The van der Waals surface area contributed by atoms with E-state index in [0.717, 1.165) is 0 Å². The molecule has 1 aromatic rings. The van der Waals surface area contributed by atoms with Gasteiger partial charge in [-0.3, -0.25) is 24.1 Å². The van der Waals surface area contributed by atoms with Gasteiger partial charge in [0.25, 0.3) is 17.7 Å². The molecule has 0 aromatic heterocycles. The molecule has 1 N–H and O–H groups in total. The second-order valence-corrected chi connectivity index (χ2v) is 7.30. The molecule has 28 heavy (non-hydrogen) atoms. The fourth-order valence-electron chi connectivity index (χ4n) is 3.59. The van der Waals surface area contributed by atoms with E-state index in [9.17, 15) is 19.2 Å². The molecule has 1 saturated heterocycles. The average molecular weight is 382 g/mol. The van der Waals surface area contributed by atoms with E-state index in [1.165, 1.54) is 17.0 Å². The maximum atomic E-state index is 12.6. The zero-order valence-corrected chi connectivity index (χ0v) is 15.9. The monoisotopic (exact) mass is 382 g/mol. The number of hydrogen-bond acceptors (Lipinski definition) is 5. The number of nitrogens with one attached hydrogen (secondary N) is 1. The second-order valence-electron chi connectivity index (χ2n) is 7.30. The van der Waals surface area contributed by atoms with Crippen molar-refractivity contribution in [3.8, 4) is 6.07 Å². The number of piperidine rings is 1. The van der Waals surface area contributed by atoms with Gasteiger partial charge < -0.3 is 10.2 Å². The van der Waals surface area contributed by atoms with Gasteiger partial charge in [-0.1, -0.05) is 0 Å². The van der Waals surface area contributed by atoms with E-state index in [1.54, 1.807) is 24.8 Å². The predicted octanol–water partition coefficient (Wildman–Crippen LogP) is 1.33. The van der Waals surface area contributed by atoms with Crippen molar-refractivity contribution in [2.75, 3.05) is 13.1 Å². The van der Waals surface area contributed by atoms with Crippen LogP contribution in [-0.2, 0) is 4.79 Å². The zero-order valence-electron chi connectivity index (χ0n) is 15.9. The summed E-state index contributed by atoms with van der Waals surface area (Å²) in [7, 11) is 0. The molecule has 2 aliphatic rings. The van der Waals surface area contributed by atoms with Crippen LogP contribution in [0.5, 0.6) is 0 Å². The van der Waals surface area contributed by atoms with Crippen molar-refractivity contribution in [2.45, 2.75) is 45.2 Å². The van der Waals surface area contributed by atoms with Crippen molar-refractivity contribution < 1.29 is 19.2 Å². The van der Waals surface area contributed by atoms with Crippen molar-refractivity contribution in [1.82, 2.24) is 15.1 Å². The molecule has 4 amide bonds. The van der Waals surface area contributed by atoms with Crippen LogP contribution in [0.15, 0.2) is 18.2 Å². The minimum absolute atomic E-state index is 0.0867. The number of carbonyl (C=O) groups excluding carboxylic acids is 4. The SMILES string of the molecule is CC(C)N1C(=O)c2ccc(C(=O)NC3CCN(C(=O)CC#N)CC3)cc2C1=O. The van der Waals surface area contributed by atoms with Gasteiger partial charge in [0.15, 0.2) is 0 Å². The molecule has 2 heterocycles. The lowest BCUT2D eigenvalue weighted by Gasteiger charge is -2.32. The molecule has 0 aliphatic carbocycles. The maximum absolute atomic E-state index is 12.6. The molecular weight excluding hydrogens is 360 g/mol. The third kappa shape index (κ3) is 3.60. The van der Waals surface area contributed by atoms with E-state index in [4.69, 9.17) is 5.26 Å². The normalized spacial score (nSPS) is 16.9. The highest BCUT2D eigenvalue weighted by Gasteiger charge is 2.37. The van der Waals surface area contributed by atoms with E-state index < -0.39 is 0 Å². The first kappa shape index (κ1) is 19.5. The van der Waals surface area contributed by atoms with Crippen LogP contribution in [0.4, 0.5) is 0 Å². The largest absolute Gasteiger partial charge is 0.349 e. The highest BCUT2D eigenvalue weighted by atomic mass is 16.2. The number of fused-ring (bicyclic) bond motifs is 1. The number of likely N-dealkylation sites (tertiary alicyclic amines) is 1. The lowest BCUT2D eigenvalue weighted by Crippen LogP contribution is -2.46. The van der Waals surface area contributed by atoms with Gasteiger partial charge in [0.1, 0.15) is 6.42 Å². The first-order valence-corrected chi connectivity index (χ1v) is 9.31. The molecule has 146 valence electrons. The first-order chi connectivity index (χ1) is 13.3. The summed E-state index contributed by atoms with van der Waals surface area (Å²) in [6.07, 6.45) is 1.07. The summed E-state index contributed by atoms with van der Waals surface area (Å²) in [5.41, 5.74) is 0.899. The topological polar surface area (TPSA) is 111 Å². The predicted molar refractivity (Wildman–Crippen MR) is 99.4 cm³/mol. The number of hydrogen-bond donors (Lipinski definition) is 1. The standard InChI is InChI=1S/C20H22N4O4/c1-12(2)24-19(27)15-4-3-13(11-16(15)20(24)28)18(26)22-14-6-9-23(10-7-14)17(25)5-8-21/h3-4,11-12,14H,5-7,9-10H2,1-2H3,(H,22,26). The Morgan fingerprint density at radius 3 is 2.43 bits per heavy atom. The molecule has 1 fully saturated rings. The van der Waals surface area contributed by atoms with Crippen LogP contribution in [0, 0.1) is 11.3 Å². The molecule has 1 aromatic carbocycles. The molecule has 0 bridgehead atoms. The quantitative estimate of drug-likeness (QED) is 0.790. The summed E-state index contributed by atoms with van der Waals surface area (Å²) >= 11 is 0. The Bertz CT molecular complexity index is 879. The van der Waals surface area contributed by atoms with Crippen LogP contribution >= 0.6 is 0 Å². The van der Waals surface area contributed by atoms with Crippen molar-refractivity contribution in [2.24, 2.45) is 0 Å². The Hall–Kier alpha value is -3.21. The fraction of sp³-hybridized carbons (Fsp3) is 0.450. The summed E-state index contributed by atoms with van der Waals surface area (Å²) in [4.78, 5) is 52.0. The molecule has 8 heteroatoms. The lowest BCUT2D eigenvalue weighted by molar-refractivity contribution is -0.131. The van der Waals surface area contributed by atoms with E-state index in [-0.39, 0.29) is 47.7 Å². The number of nitriles is 1. The van der Waals surface area contributed by atoms with Gasteiger partial charge in [-0.05, 0) is 44.9 Å². The number of amides is 4. The number of nitrogens with zero attached hydrogens (tertiary/aromatic N) is 3. The number of rotatable bonds is 4. The number of imide groups is 1. The van der Waals surface area contributed by atoms with E-state index in [1.807, 2.05) is 6.07 Å². The minimum atomic E-state index is -0.381. The lowest BCUT2D eigenvalue weighted by atomic mass is 10.0. The van der Waals surface area contributed by atoms with Crippen LogP contribution in [0.1, 0.15) is 64.2 Å². The summed E-state index contributed by atoms with van der Waals surface area (Å²) in [5.74, 6) is -1.22. The molecule has 0 unspecified atom stereocenters. The Balaban J connectivity index is 1.65. The first-order valence-electron chi connectivity index (χ1n) is 9.31. The van der Waals surface area contributed by atoms with Gasteiger partial charge in [-0.2, -0.15) is 5.26 Å². The van der Waals surface area contributed by atoms with Gasteiger partial charge in [0, 0.05) is 30.7 Å². The number of carbonyl (C=O) groups is 4. The summed E-state index contributed by atoms with van der Waals surface area (Å²) in [5, 5.41) is 11.5. The van der Waals surface area contributed by atoms with Crippen molar-refractivity contribution in [1.29, 1.82) is 5.26 Å². The van der Waals surface area contributed by atoms with Gasteiger partial charge in [0.2, 0.25) is 5.91 Å². The Kier molecular flexibility index (Phi) is 5.45. The summed E-state index contributed by atoms with van der Waals surface area (Å²) in [6.45, 7) is 4.52. The average Bonchev–Trinajstić information content (AvgIpc) is 2.92. The molecule has 0 saturated carbocycles. The summed E-state index contributed by atoms with van der Waals surface area (Å²) < 4.78 is 0.